The molecule has 0 spiro atoms. The lowest BCUT2D eigenvalue weighted by molar-refractivity contribution is -0.129. The number of hydrogen-bond donors (Lipinski definition) is 0. The van der Waals surface area contributed by atoms with Crippen LogP contribution >= 0.6 is 15.9 Å². The fourth-order valence-corrected chi connectivity index (χ4v) is 3.07. The molecule has 0 atom stereocenters. The Morgan fingerprint density at radius 3 is 2.62 bits per heavy atom. The minimum Gasteiger partial charge on any atom is -0.493 e. The molecule has 0 fully saturated rings. The van der Waals surface area contributed by atoms with Gasteiger partial charge in [0.15, 0.2) is 17.2 Å². The molecule has 0 amide bonds. The number of nitrogens with zero attached hydrogens (tertiary/aromatic N) is 1. The van der Waals surface area contributed by atoms with E-state index in [4.69, 9.17) is 14.2 Å². The topological polar surface area (TPSA) is 57.1 Å². The molecule has 0 saturated carbocycles. The maximum atomic E-state index is 12.2. The van der Waals surface area contributed by atoms with Gasteiger partial charge in [0.05, 0.1) is 18.2 Å². The largest absolute Gasteiger partial charge is 0.493 e. The van der Waals surface area contributed by atoms with Gasteiger partial charge in [-0.05, 0) is 65.7 Å². The summed E-state index contributed by atoms with van der Waals surface area (Å²) in [5.74, 6) is 1.01. The Morgan fingerprint density at radius 1 is 1.23 bits per heavy atom. The number of aryl methyl sites for hydroxylation is 1. The number of carbonyl (C=O) groups is 1. The number of esters is 1. The second-order valence-corrected chi connectivity index (χ2v) is 6.52. The molecule has 0 unspecified atom stereocenters. The van der Waals surface area contributed by atoms with Crippen molar-refractivity contribution in [1.29, 1.82) is 0 Å². The predicted octanol–water partition coefficient (Wildman–Crippen LogP) is 4.51. The Hall–Kier alpha value is -2.60. The number of carbonyl (C=O) groups excluding carboxylic acids is 1. The van der Waals surface area contributed by atoms with Gasteiger partial charge in [0.2, 0.25) is 5.90 Å². The highest BCUT2D eigenvalue weighted by Gasteiger charge is 2.24. The Kier molecular flexibility index (Phi) is 5.42. The van der Waals surface area contributed by atoms with Gasteiger partial charge in [-0.25, -0.2) is 9.79 Å². The van der Waals surface area contributed by atoms with Gasteiger partial charge in [-0.1, -0.05) is 17.7 Å². The van der Waals surface area contributed by atoms with Crippen molar-refractivity contribution < 1.29 is 19.0 Å². The summed E-state index contributed by atoms with van der Waals surface area (Å²) in [4.78, 5) is 16.5. The standard InChI is InChI=1S/C20H18BrNO4/c1-4-25-18-15(21)9-13(11-17(18)24-3)10-16-20(23)26-19(22-16)14-7-5-12(2)6-8-14/h5-11H,4H2,1-3H3/b16-10-. The number of methoxy groups -OCH3 is 1. The van der Waals surface area contributed by atoms with E-state index in [1.807, 2.05) is 44.2 Å². The summed E-state index contributed by atoms with van der Waals surface area (Å²) < 4.78 is 17.0. The lowest BCUT2D eigenvalue weighted by Crippen LogP contribution is -2.05. The van der Waals surface area contributed by atoms with Crippen molar-refractivity contribution in [2.75, 3.05) is 13.7 Å². The molecule has 1 aliphatic rings. The molecule has 0 aliphatic carbocycles. The normalized spacial score (nSPS) is 15.0. The van der Waals surface area contributed by atoms with Crippen molar-refractivity contribution in [2.24, 2.45) is 4.99 Å². The Labute approximate surface area is 160 Å². The van der Waals surface area contributed by atoms with E-state index in [1.165, 1.54) is 0 Å². The first-order valence-electron chi connectivity index (χ1n) is 8.11. The van der Waals surface area contributed by atoms with E-state index in [2.05, 4.69) is 20.9 Å². The fourth-order valence-electron chi connectivity index (χ4n) is 2.49. The zero-order valence-corrected chi connectivity index (χ0v) is 16.3. The molecule has 0 bridgehead atoms. The van der Waals surface area contributed by atoms with Gasteiger partial charge >= 0.3 is 5.97 Å². The van der Waals surface area contributed by atoms with E-state index in [0.29, 0.717) is 24.0 Å². The second kappa shape index (κ2) is 7.74. The summed E-state index contributed by atoms with van der Waals surface area (Å²) in [6.07, 6.45) is 1.66. The van der Waals surface area contributed by atoms with E-state index < -0.39 is 5.97 Å². The van der Waals surface area contributed by atoms with Crippen molar-refractivity contribution >= 4 is 33.9 Å². The number of aliphatic imine (C=N–C) groups is 1. The molecule has 5 nitrogen and oxygen atoms in total. The summed E-state index contributed by atoms with van der Waals surface area (Å²) in [5, 5.41) is 0. The number of benzene rings is 2. The average molecular weight is 416 g/mol. The molecule has 3 rings (SSSR count). The molecule has 0 aromatic heterocycles. The first kappa shape index (κ1) is 18.2. The van der Waals surface area contributed by atoms with Crippen LogP contribution in [0.1, 0.15) is 23.6 Å². The molecule has 2 aromatic rings. The molecule has 26 heavy (non-hydrogen) atoms. The third-order valence-electron chi connectivity index (χ3n) is 3.76. The summed E-state index contributed by atoms with van der Waals surface area (Å²) in [6.45, 7) is 4.41. The quantitative estimate of drug-likeness (QED) is 0.532. The molecule has 2 aromatic carbocycles. The maximum Gasteiger partial charge on any atom is 0.363 e. The highest BCUT2D eigenvalue weighted by atomic mass is 79.9. The fraction of sp³-hybridized carbons (Fsp3) is 0.200. The number of hydrogen-bond acceptors (Lipinski definition) is 5. The van der Waals surface area contributed by atoms with Gasteiger partial charge < -0.3 is 14.2 Å². The van der Waals surface area contributed by atoms with Crippen LogP contribution in [0.4, 0.5) is 0 Å². The second-order valence-electron chi connectivity index (χ2n) is 5.67. The van der Waals surface area contributed by atoms with Crippen LogP contribution in [0.3, 0.4) is 0 Å². The van der Waals surface area contributed by atoms with Crippen LogP contribution in [-0.4, -0.2) is 25.6 Å². The molecular weight excluding hydrogens is 398 g/mol. The highest BCUT2D eigenvalue weighted by Crippen LogP contribution is 2.37. The van der Waals surface area contributed by atoms with Crippen molar-refractivity contribution in [2.45, 2.75) is 13.8 Å². The van der Waals surface area contributed by atoms with Crippen LogP contribution < -0.4 is 9.47 Å². The monoisotopic (exact) mass is 415 g/mol. The first-order chi connectivity index (χ1) is 12.5. The van der Waals surface area contributed by atoms with Gasteiger partial charge in [0.25, 0.3) is 0 Å². The van der Waals surface area contributed by atoms with E-state index in [0.717, 1.165) is 21.2 Å². The van der Waals surface area contributed by atoms with E-state index >= 15 is 0 Å². The number of cyclic esters (lactones) is 1. The SMILES string of the molecule is CCOc1c(Br)cc(/C=C2\N=C(c3ccc(C)cc3)OC2=O)cc1OC. The van der Waals surface area contributed by atoms with E-state index in [-0.39, 0.29) is 5.70 Å². The lowest BCUT2D eigenvalue weighted by Gasteiger charge is -2.12. The minimum absolute atomic E-state index is 0.235. The third kappa shape index (κ3) is 3.80. The van der Waals surface area contributed by atoms with E-state index in [9.17, 15) is 4.79 Å². The predicted molar refractivity (Wildman–Crippen MR) is 104 cm³/mol. The third-order valence-corrected chi connectivity index (χ3v) is 4.35. The molecule has 0 saturated heterocycles. The van der Waals surface area contributed by atoms with Gasteiger partial charge in [-0.3, -0.25) is 0 Å². The molecular formula is C20H18BrNO4. The van der Waals surface area contributed by atoms with Crippen LogP contribution in [0.25, 0.3) is 6.08 Å². The van der Waals surface area contributed by atoms with Crippen LogP contribution in [0.5, 0.6) is 11.5 Å². The Morgan fingerprint density at radius 2 is 1.96 bits per heavy atom. The van der Waals surface area contributed by atoms with Crippen LogP contribution in [0.2, 0.25) is 0 Å². The van der Waals surface area contributed by atoms with Gasteiger partial charge in [0.1, 0.15) is 0 Å². The summed E-state index contributed by atoms with van der Waals surface area (Å²) in [6, 6.07) is 11.3. The minimum atomic E-state index is -0.482. The zero-order valence-electron chi connectivity index (χ0n) is 14.7. The Balaban J connectivity index is 1.95. The summed E-state index contributed by atoms with van der Waals surface area (Å²) in [7, 11) is 1.57. The lowest BCUT2D eigenvalue weighted by atomic mass is 10.1. The van der Waals surface area contributed by atoms with E-state index in [1.54, 1.807) is 19.3 Å². The van der Waals surface area contributed by atoms with Crippen molar-refractivity contribution in [3.63, 3.8) is 0 Å². The zero-order chi connectivity index (χ0) is 18.7. The number of halogens is 1. The van der Waals surface area contributed by atoms with Crippen LogP contribution in [-0.2, 0) is 9.53 Å². The number of ether oxygens (including phenoxy) is 3. The van der Waals surface area contributed by atoms with Gasteiger partial charge in [-0.2, -0.15) is 0 Å². The molecule has 6 heteroatoms. The summed E-state index contributed by atoms with van der Waals surface area (Å²) >= 11 is 3.47. The smallest absolute Gasteiger partial charge is 0.363 e. The van der Waals surface area contributed by atoms with Gasteiger partial charge in [-0.15, -0.1) is 0 Å². The average Bonchev–Trinajstić information content (AvgIpc) is 2.98. The first-order valence-corrected chi connectivity index (χ1v) is 8.91. The summed E-state index contributed by atoms with van der Waals surface area (Å²) in [5.41, 5.74) is 2.87. The van der Waals surface area contributed by atoms with Crippen LogP contribution in [0, 0.1) is 6.92 Å². The maximum absolute atomic E-state index is 12.2. The van der Waals surface area contributed by atoms with Crippen LogP contribution in [0.15, 0.2) is 51.6 Å². The molecule has 0 N–H and O–H groups in total. The highest BCUT2D eigenvalue weighted by molar-refractivity contribution is 9.10. The Bertz CT molecular complexity index is 901. The number of rotatable bonds is 5. The molecule has 1 heterocycles. The molecule has 134 valence electrons. The molecule has 0 radical (unpaired) electrons. The van der Waals surface area contributed by atoms with Crippen molar-refractivity contribution in [3.8, 4) is 11.5 Å². The van der Waals surface area contributed by atoms with Gasteiger partial charge in [0, 0.05) is 5.56 Å². The molecule has 1 aliphatic heterocycles. The van der Waals surface area contributed by atoms with Crippen molar-refractivity contribution in [3.05, 3.63) is 63.3 Å². The van der Waals surface area contributed by atoms with Crippen molar-refractivity contribution in [1.82, 2.24) is 0 Å².